The molecule has 1 saturated heterocycles. The average molecular weight is 570 g/mol. The zero-order chi connectivity index (χ0) is 26.0. The molecule has 1 N–H and O–H groups in total. The van der Waals surface area contributed by atoms with Crippen LogP contribution in [0.1, 0.15) is 22.7 Å². The van der Waals surface area contributed by atoms with E-state index in [-0.39, 0.29) is 11.3 Å². The molecule has 1 fully saturated rings. The van der Waals surface area contributed by atoms with Gasteiger partial charge in [-0.3, -0.25) is 9.59 Å². The van der Waals surface area contributed by atoms with Gasteiger partial charge < -0.3 is 19.6 Å². The van der Waals surface area contributed by atoms with Crippen molar-refractivity contribution in [3.8, 4) is 5.75 Å². The van der Waals surface area contributed by atoms with Gasteiger partial charge in [0.2, 0.25) is 0 Å². The molecule has 4 rings (SSSR count). The van der Waals surface area contributed by atoms with E-state index in [1.165, 1.54) is 4.90 Å². The van der Waals surface area contributed by atoms with Gasteiger partial charge in [-0.1, -0.05) is 35.9 Å². The standard InChI is InChI=1S/C28H26BrClN2O4/c1-31(2)21-11-6-18(7-12-21)25-24(26(33)19-8-13-23(36-3)22(29)16-19)27(34)28(35)32(25)15-14-17-4-9-20(30)10-5-17/h4-13,16,25,33H,14-15H2,1-3H3/b26-24-. The Morgan fingerprint density at radius 3 is 2.31 bits per heavy atom. The lowest BCUT2D eigenvalue weighted by Gasteiger charge is -2.26. The number of amides is 1. The molecule has 0 aromatic heterocycles. The van der Waals surface area contributed by atoms with Crippen LogP contribution in [-0.4, -0.2) is 49.4 Å². The third kappa shape index (κ3) is 5.13. The van der Waals surface area contributed by atoms with Crippen LogP contribution in [-0.2, 0) is 16.0 Å². The van der Waals surface area contributed by atoms with Gasteiger partial charge in [0, 0.05) is 36.9 Å². The number of halogens is 2. The summed E-state index contributed by atoms with van der Waals surface area (Å²) in [6, 6.07) is 19.3. The van der Waals surface area contributed by atoms with Gasteiger partial charge in [-0.25, -0.2) is 0 Å². The first-order chi connectivity index (χ1) is 17.2. The first-order valence-corrected chi connectivity index (χ1v) is 12.5. The van der Waals surface area contributed by atoms with Crippen molar-refractivity contribution >= 4 is 50.7 Å². The van der Waals surface area contributed by atoms with Gasteiger partial charge in [0.1, 0.15) is 11.5 Å². The topological polar surface area (TPSA) is 70.1 Å². The molecule has 186 valence electrons. The predicted octanol–water partition coefficient (Wildman–Crippen LogP) is 5.84. The largest absolute Gasteiger partial charge is 0.507 e. The van der Waals surface area contributed by atoms with Crippen molar-refractivity contribution in [3.63, 3.8) is 0 Å². The number of ether oxygens (including phenoxy) is 1. The maximum Gasteiger partial charge on any atom is 0.295 e. The van der Waals surface area contributed by atoms with E-state index in [2.05, 4.69) is 15.9 Å². The van der Waals surface area contributed by atoms with Gasteiger partial charge in [0.15, 0.2) is 0 Å². The summed E-state index contributed by atoms with van der Waals surface area (Å²) in [4.78, 5) is 30.0. The lowest BCUT2D eigenvalue weighted by molar-refractivity contribution is -0.139. The summed E-state index contributed by atoms with van der Waals surface area (Å²) in [6.45, 7) is 0.301. The number of nitrogens with zero attached hydrogens (tertiary/aromatic N) is 2. The van der Waals surface area contributed by atoms with Crippen LogP contribution in [0, 0.1) is 0 Å². The highest BCUT2D eigenvalue weighted by atomic mass is 79.9. The number of Topliss-reactive ketones (excluding diaryl/α,β-unsaturated/α-hetero) is 1. The van der Waals surface area contributed by atoms with E-state index in [9.17, 15) is 14.7 Å². The second-order valence-corrected chi connectivity index (χ2v) is 10.00. The molecule has 0 bridgehead atoms. The lowest BCUT2D eigenvalue weighted by atomic mass is 9.95. The van der Waals surface area contributed by atoms with Crippen LogP contribution in [0.5, 0.6) is 5.75 Å². The monoisotopic (exact) mass is 568 g/mol. The number of anilines is 1. The molecule has 1 aliphatic heterocycles. The molecule has 0 aliphatic carbocycles. The maximum absolute atomic E-state index is 13.3. The molecule has 3 aromatic carbocycles. The maximum atomic E-state index is 13.3. The number of aliphatic hydroxyl groups excluding tert-OH is 1. The van der Waals surface area contributed by atoms with Crippen molar-refractivity contribution in [1.82, 2.24) is 4.90 Å². The first kappa shape index (κ1) is 25.8. The summed E-state index contributed by atoms with van der Waals surface area (Å²) < 4.78 is 5.90. The summed E-state index contributed by atoms with van der Waals surface area (Å²) in [5.41, 5.74) is 3.18. The minimum Gasteiger partial charge on any atom is -0.507 e. The number of aliphatic hydroxyl groups is 1. The van der Waals surface area contributed by atoms with Crippen LogP contribution < -0.4 is 9.64 Å². The summed E-state index contributed by atoms with van der Waals surface area (Å²) in [6.07, 6.45) is 0.532. The molecular formula is C28H26BrClN2O4. The Balaban J connectivity index is 1.78. The lowest BCUT2D eigenvalue weighted by Crippen LogP contribution is -2.31. The van der Waals surface area contributed by atoms with Gasteiger partial charge in [-0.15, -0.1) is 0 Å². The van der Waals surface area contributed by atoms with Crippen LogP contribution in [0.25, 0.3) is 5.76 Å². The van der Waals surface area contributed by atoms with Gasteiger partial charge in [-0.05, 0) is 75.9 Å². The van der Waals surface area contributed by atoms with E-state index in [1.54, 1.807) is 37.4 Å². The molecule has 8 heteroatoms. The molecule has 1 aliphatic rings. The number of carbonyl (C=O) groups is 2. The number of rotatable bonds is 7. The fraction of sp³-hybridized carbons (Fsp3) is 0.214. The zero-order valence-corrected chi connectivity index (χ0v) is 22.5. The molecule has 36 heavy (non-hydrogen) atoms. The minimum atomic E-state index is -0.727. The molecule has 0 radical (unpaired) electrons. The number of hydrogen-bond donors (Lipinski definition) is 1. The second-order valence-electron chi connectivity index (χ2n) is 8.70. The quantitative estimate of drug-likeness (QED) is 0.220. The summed E-state index contributed by atoms with van der Waals surface area (Å²) in [5, 5.41) is 11.9. The van der Waals surface area contributed by atoms with Crippen molar-refractivity contribution in [2.45, 2.75) is 12.5 Å². The number of likely N-dealkylation sites (tertiary alicyclic amines) is 1. The van der Waals surface area contributed by atoms with Crippen LogP contribution in [0.3, 0.4) is 0 Å². The Morgan fingerprint density at radius 2 is 1.72 bits per heavy atom. The highest BCUT2D eigenvalue weighted by Gasteiger charge is 2.45. The van der Waals surface area contributed by atoms with Crippen molar-refractivity contribution in [1.29, 1.82) is 0 Å². The van der Waals surface area contributed by atoms with Gasteiger partial charge in [0.05, 0.1) is 23.2 Å². The normalized spacial score (nSPS) is 16.9. The Labute approximate surface area is 223 Å². The van der Waals surface area contributed by atoms with Crippen molar-refractivity contribution in [3.05, 3.63) is 98.5 Å². The first-order valence-electron chi connectivity index (χ1n) is 11.3. The van der Waals surface area contributed by atoms with Gasteiger partial charge >= 0.3 is 0 Å². The van der Waals surface area contributed by atoms with E-state index >= 15 is 0 Å². The molecule has 1 amide bonds. The SMILES string of the molecule is COc1ccc(/C(O)=C2/C(=O)C(=O)N(CCc3ccc(Cl)cc3)C2c2ccc(N(C)C)cc2)cc1Br. The van der Waals surface area contributed by atoms with Crippen molar-refractivity contribution < 1.29 is 19.4 Å². The fourth-order valence-electron chi connectivity index (χ4n) is 4.28. The van der Waals surface area contributed by atoms with Crippen LogP contribution >= 0.6 is 27.5 Å². The molecule has 1 atom stereocenters. The smallest absolute Gasteiger partial charge is 0.295 e. The molecular weight excluding hydrogens is 544 g/mol. The van der Waals surface area contributed by atoms with Crippen molar-refractivity contribution in [2.24, 2.45) is 0 Å². The number of benzene rings is 3. The number of hydrogen-bond acceptors (Lipinski definition) is 5. The Morgan fingerprint density at radius 1 is 1.06 bits per heavy atom. The van der Waals surface area contributed by atoms with Crippen LogP contribution in [0.4, 0.5) is 5.69 Å². The molecule has 3 aromatic rings. The van der Waals surface area contributed by atoms with Crippen LogP contribution in [0.2, 0.25) is 5.02 Å². The number of methoxy groups -OCH3 is 1. The van der Waals surface area contributed by atoms with E-state index in [0.29, 0.717) is 33.8 Å². The van der Waals surface area contributed by atoms with Gasteiger partial charge in [0.25, 0.3) is 11.7 Å². The average Bonchev–Trinajstić information content (AvgIpc) is 3.12. The molecule has 1 unspecified atom stereocenters. The fourth-order valence-corrected chi connectivity index (χ4v) is 4.95. The van der Waals surface area contributed by atoms with Crippen molar-refractivity contribution in [2.75, 3.05) is 32.6 Å². The van der Waals surface area contributed by atoms with Gasteiger partial charge in [-0.2, -0.15) is 0 Å². The van der Waals surface area contributed by atoms with E-state index < -0.39 is 17.7 Å². The second kappa shape index (κ2) is 10.8. The highest BCUT2D eigenvalue weighted by molar-refractivity contribution is 9.10. The summed E-state index contributed by atoms with van der Waals surface area (Å²) in [5.74, 6) is -0.991. The summed E-state index contributed by atoms with van der Waals surface area (Å²) in [7, 11) is 5.42. The van der Waals surface area contributed by atoms with E-state index in [0.717, 1.165) is 16.8 Å². The Hall–Kier alpha value is -3.29. The third-order valence-corrected chi connectivity index (χ3v) is 7.12. The minimum absolute atomic E-state index is 0.0609. The Kier molecular flexibility index (Phi) is 7.71. The third-order valence-electron chi connectivity index (χ3n) is 6.25. The predicted molar refractivity (Wildman–Crippen MR) is 146 cm³/mol. The number of ketones is 1. The highest BCUT2D eigenvalue weighted by Crippen LogP contribution is 2.40. The number of carbonyl (C=O) groups excluding carboxylic acids is 2. The van der Waals surface area contributed by atoms with E-state index in [1.807, 2.05) is 55.4 Å². The zero-order valence-electron chi connectivity index (χ0n) is 20.2. The molecule has 0 spiro atoms. The molecule has 1 heterocycles. The summed E-state index contributed by atoms with van der Waals surface area (Å²) >= 11 is 9.43. The molecule has 0 saturated carbocycles. The molecule has 6 nitrogen and oxygen atoms in total. The van der Waals surface area contributed by atoms with E-state index in [4.69, 9.17) is 16.3 Å². The van der Waals surface area contributed by atoms with Crippen LogP contribution in [0.15, 0.2) is 76.8 Å². The Bertz CT molecular complexity index is 1320.